The highest BCUT2D eigenvalue weighted by Gasteiger charge is 2.32. The van der Waals surface area contributed by atoms with Gasteiger partial charge in [-0.2, -0.15) is 0 Å². The Morgan fingerprint density at radius 1 is 1.38 bits per heavy atom. The van der Waals surface area contributed by atoms with E-state index in [-0.39, 0.29) is 28.9 Å². The van der Waals surface area contributed by atoms with Gasteiger partial charge in [-0.05, 0) is 13.0 Å². The smallest absolute Gasteiger partial charge is 0.286 e. The molecule has 0 spiro atoms. The van der Waals surface area contributed by atoms with Crippen LogP contribution in [0.15, 0.2) is 12.1 Å². The molecule has 8 heteroatoms. The maximum atomic E-state index is 12.8. The molecule has 0 bridgehead atoms. The second kappa shape index (κ2) is 7.48. The quantitative estimate of drug-likeness (QED) is 0.581. The lowest BCUT2D eigenvalue weighted by Crippen LogP contribution is -2.39. The fraction of sp³-hybridized carbons (Fsp3) is 0.562. The first-order valence-corrected chi connectivity index (χ1v) is 7.82. The molecule has 1 atom stereocenters. The largest absolute Gasteiger partial charge is 0.493 e. The van der Waals surface area contributed by atoms with Gasteiger partial charge >= 0.3 is 0 Å². The molecular weight excluding hydrogens is 314 g/mol. The first-order chi connectivity index (χ1) is 11.4. The standard InChI is InChI=1S/C16H23N3O5/c1-5-18-7-6-11(10-18)17(2)16(20)12-8-14(23-3)15(24-4)9-13(12)19(21)22/h8-9,11H,5-7,10H2,1-4H3/t11-/m1/s1. The summed E-state index contributed by atoms with van der Waals surface area (Å²) in [6.07, 6.45) is 0.858. The number of rotatable bonds is 6. The van der Waals surface area contributed by atoms with Gasteiger partial charge < -0.3 is 19.3 Å². The monoisotopic (exact) mass is 337 g/mol. The molecule has 8 nitrogen and oxygen atoms in total. The highest BCUT2D eigenvalue weighted by atomic mass is 16.6. The number of carbonyl (C=O) groups excluding carboxylic acids is 1. The Labute approximate surface area is 141 Å². The molecule has 1 heterocycles. The zero-order valence-corrected chi connectivity index (χ0v) is 14.4. The van der Waals surface area contributed by atoms with Crippen LogP contribution in [0, 0.1) is 10.1 Å². The summed E-state index contributed by atoms with van der Waals surface area (Å²) in [5.41, 5.74) is -0.273. The van der Waals surface area contributed by atoms with Gasteiger partial charge in [0.15, 0.2) is 11.5 Å². The average Bonchev–Trinajstić information content (AvgIpc) is 3.08. The molecule has 0 saturated carbocycles. The number of hydrogen-bond donors (Lipinski definition) is 0. The van der Waals surface area contributed by atoms with Gasteiger partial charge in [0.05, 0.1) is 25.2 Å². The first kappa shape index (κ1) is 18.0. The summed E-state index contributed by atoms with van der Waals surface area (Å²) in [6, 6.07) is 2.65. The predicted molar refractivity (Wildman–Crippen MR) is 88.8 cm³/mol. The lowest BCUT2D eigenvalue weighted by atomic mass is 10.1. The van der Waals surface area contributed by atoms with Crippen LogP contribution in [-0.4, -0.2) is 67.6 Å². The lowest BCUT2D eigenvalue weighted by Gasteiger charge is -2.25. The number of nitro groups is 1. The van der Waals surface area contributed by atoms with Gasteiger partial charge in [0.2, 0.25) is 0 Å². The van der Waals surface area contributed by atoms with Gasteiger partial charge in [0, 0.05) is 32.2 Å². The zero-order chi connectivity index (χ0) is 17.9. The van der Waals surface area contributed by atoms with E-state index >= 15 is 0 Å². The fourth-order valence-corrected chi connectivity index (χ4v) is 2.96. The maximum absolute atomic E-state index is 12.8. The molecule has 0 aromatic heterocycles. The lowest BCUT2D eigenvalue weighted by molar-refractivity contribution is -0.385. The minimum Gasteiger partial charge on any atom is -0.493 e. The van der Waals surface area contributed by atoms with Crippen LogP contribution in [0.2, 0.25) is 0 Å². The van der Waals surface area contributed by atoms with Crippen molar-refractivity contribution in [3.05, 3.63) is 27.8 Å². The highest BCUT2D eigenvalue weighted by molar-refractivity contribution is 5.99. The van der Waals surface area contributed by atoms with E-state index in [0.29, 0.717) is 5.75 Å². The number of benzene rings is 1. The maximum Gasteiger partial charge on any atom is 0.286 e. The van der Waals surface area contributed by atoms with Crippen molar-refractivity contribution in [3.63, 3.8) is 0 Å². The Morgan fingerprint density at radius 3 is 2.50 bits per heavy atom. The number of methoxy groups -OCH3 is 2. The summed E-state index contributed by atoms with van der Waals surface area (Å²) in [7, 11) is 4.51. The molecule has 1 aliphatic rings. The van der Waals surface area contributed by atoms with Crippen LogP contribution in [0.1, 0.15) is 23.7 Å². The summed E-state index contributed by atoms with van der Waals surface area (Å²) in [5, 5.41) is 11.4. The van der Waals surface area contributed by atoms with Crippen molar-refractivity contribution in [2.75, 3.05) is 40.9 Å². The molecule has 1 fully saturated rings. The van der Waals surface area contributed by atoms with E-state index in [4.69, 9.17) is 9.47 Å². The third-order valence-corrected chi connectivity index (χ3v) is 4.49. The van der Waals surface area contributed by atoms with E-state index in [2.05, 4.69) is 11.8 Å². The van der Waals surface area contributed by atoms with E-state index in [1.165, 1.54) is 26.4 Å². The van der Waals surface area contributed by atoms with Crippen molar-refractivity contribution in [2.45, 2.75) is 19.4 Å². The highest BCUT2D eigenvalue weighted by Crippen LogP contribution is 2.35. The molecule has 0 unspecified atom stereocenters. The van der Waals surface area contributed by atoms with E-state index in [0.717, 1.165) is 26.1 Å². The first-order valence-electron chi connectivity index (χ1n) is 7.82. The summed E-state index contributed by atoms with van der Waals surface area (Å²) in [5.74, 6) is 0.133. The molecule has 1 saturated heterocycles. The molecule has 0 N–H and O–H groups in total. The van der Waals surface area contributed by atoms with Crippen LogP contribution in [-0.2, 0) is 0 Å². The molecule has 0 aliphatic carbocycles. The summed E-state index contributed by atoms with van der Waals surface area (Å²) in [4.78, 5) is 27.5. The van der Waals surface area contributed by atoms with Crippen molar-refractivity contribution < 1.29 is 19.2 Å². The van der Waals surface area contributed by atoms with Crippen molar-refractivity contribution >= 4 is 11.6 Å². The number of likely N-dealkylation sites (N-methyl/N-ethyl adjacent to an activating group) is 2. The van der Waals surface area contributed by atoms with Crippen LogP contribution in [0.4, 0.5) is 5.69 Å². The normalized spacial score (nSPS) is 17.6. The number of nitro benzene ring substituents is 1. The average molecular weight is 337 g/mol. The Balaban J connectivity index is 2.35. The Bertz CT molecular complexity index is 634. The Hall–Kier alpha value is -2.35. The zero-order valence-electron chi connectivity index (χ0n) is 14.4. The van der Waals surface area contributed by atoms with Crippen molar-refractivity contribution in [1.82, 2.24) is 9.80 Å². The van der Waals surface area contributed by atoms with Crippen LogP contribution >= 0.6 is 0 Å². The van der Waals surface area contributed by atoms with E-state index in [1.807, 2.05) is 0 Å². The number of carbonyl (C=O) groups is 1. The number of hydrogen-bond acceptors (Lipinski definition) is 6. The van der Waals surface area contributed by atoms with Crippen LogP contribution < -0.4 is 9.47 Å². The molecule has 132 valence electrons. The number of ether oxygens (including phenoxy) is 2. The molecule has 24 heavy (non-hydrogen) atoms. The number of likely N-dealkylation sites (tertiary alicyclic amines) is 1. The Morgan fingerprint density at radius 2 is 2.00 bits per heavy atom. The predicted octanol–water partition coefficient (Wildman–Crippen LogP) is 1.78. The van der Waals surface area contributed by atoms with Crippen LogP contribution in [0.25, 0.3) is 0 Å². The van der Waals surface area contributed by atoms with Gasteiger partial charge in [-0.3, -0.25) is 14.9 Å². The van der Waals surface area contributed by atoms with Crippen LogP contribution in [0.3, 0.4) is 0 Å². The molecule has 1 aromatic rings. The van der Waals surface area contributed by atoms with Gasteiger partial charge in [-0.15, -0.1) is 0 Å². The van der Waals surface area contributed by atoms with Crippen molar-refractivity contribution in [1.29, 1.82) is 0 Å². The fourth-order valence-electron chi connectivity index (χ4n) is 2.96. The third kappa shape index (κ3) is 3.43. The summed E-state index contributed by atoms with van der Waals surface area (Å²) in [6.45, 7) is 4.70. The minimum absolute atomic E-state index is 0.00935. The van der Waals surface area contributed by atoms with Crippen molar-refractivity contribution in [2.24, 2.45) is 0 Å². The molecule has 2 rings (SSSR count). The SMILES string of the molecule is CCN1CC[C@@H](N(C)C(=O)c2cc(OC)c(OC)cc2[N+](=O)[O-])C1. The summed E-state index contributed by atoms with van der Waals surface area (Å²) < 4.78 is 10.3. The van der Waals surface area contributed by atoms with Crippen LogP contribution in [0.5, 0.6) is 11.5 Å². The third-order valence-electron chi connectivity index (χ3n) is 4.49. The molecule has 1 aromatic carbocycles. The molecule has 1 amide bonds. The molecule has 1 aliphatic heterocycles. The van der Waals surface area contributed by atoms with E-state index < -0.39 is 4.92 Å². The van der Waals surface area contributed by atoms with Gasteiger partial charge in [0.1, 0.15) is 5.56 Å². The van der Waals surface area contributed by atoms with Gasteiger partial charge in [0.25, 0.3) is 11.6 Å². The van der Waals surface area contributed by atoms with Gasteiger partial charge in [-0.25, -0.2) is 0 Å². The number of nitrogens with zero attached hydrogens (tertiary/aromatic N) is 3. The van der Waals surface area contributed by atoms with Crippen molar-refractivity contribution in [3.8, 4) is 11.5 Å². The molecule has 0 radical (unpaired) electrons. The second-order valence-corrected chi connectivity index (χ2v) is 5.73. The number of amides is 1. The minimum atomic E-state index is -0.573. The second-order valence-electron chi connectivity index (χ2n) is 5.73. The summed E-state index contributed by atoms with van der Waals surface area (Å²) >= 11 is 0. The molecular formula is C16H23N3O5. The van der Waals surface area contributed by atoms with E-state index in [9.17, 15) is 14.9 Å². The van der Waals surface area contributed by atoms with Gasteiger partial charge in [-0.1, -0.05) is 6.92 Å². The topological polar surface area (TPSA) is 85.2 Å². The van der Waals surface area contributed by atoms with E-state index in [1.54, 1.807) is 11.9 Å². The Kier molecular flexibility index (Phi) is 5.61.